The van der Waals surface area contributed by atoms with Gasteiger partial charge in [-0.3, -0.25) is 14.4 Å². The van der Waals surface area contributed by atoms with Crippen LogP contribution in [0.25, 0.3) is 0 Å². The Bertz CT molecular complexity index is 720. The highest BCUT2D eigenvalue weighted by Gasteiger charge is 2.55. The fourth-order valence-corrected chi connectivity index (χ4v) is 4.06. The summed E-state index contributed by atoms with van der Waals surface area (Å²) in [5, 5.41) is 0. The summed E-state index contributed by atoms with van der Waals surface area (Å²) in [6, 6.07) is 7.31. The van der Waals surface area contributed by atoms with Crippen molar-refractivity contribution in [2.75, 3.05) is 4.90 Å². The number of halogens is 1. The number of allylic oxidation sites excluding steroid dienone is 1. The number of ketones is 1. The van der Waals surface area contributed by atoms with Gasteiger partial charge in [0.2, 0.25) is 5.91 Å². The first-order valence-electron chi connectivity index (χ1n) is 6.96. The molecule has 1 aromatic carbocycles. The molecule has 1 heterocycles. The molecule has 0 radical (unpaired) electrons. The monoisotopic (exact) mass is 393 g/mol. The summed E-state index contributed by atoms with van der Waals surface area (Å²) in [4.78, 5) is 38.6. The van der Waals surface area contributed by atoms with Gasteiger partial charge in [0.05, 0.1) is 11.6 Å². The van der Waals surface area contributed by atoms with Crippen LogP contribution in [0, 0.1) is 15.4 Å². The first-order valence-corrected chi connectivity index (χ1v) is 8.04. The Kier molecular flexibility index (Phi) is 2.82. The van der Waals surface area contributed by atoms with Crippen molar-refractivity contribution in [2.45, 2.75) is 19.3 Å². The zero-order valence-electron chi connectivity index (χ0n) is 11.1. The molecule has 5 rings (SSSR count). The predicted molar refractivity (Wildman–Crippen MR) is 84.5 cm³/mol. The maximum atomic E-state index is 12.7. The molecule has 1 aliphatic heterocycles. The third-order valence-corrected chi connectivity index (χ3v) is 5.38. The molecule has 21 heavy (non-hydrogen) atoms. The highest BCUT2D eigenvalue weighted by Crippen LogP contribution is 2.48. The summed E-state index contributed by atoms with van der Waals surface area (Å²) in [5.41, 5.74) is 2.09. The number of benzene rings is 1. The zero-order valence-corrected chi connectivity index (χ0v) is 13.3. The van der Waals surface area contributed by atoms with Gasteiger partial charge < -0.3 is 0 Å². The van der Waals surface area contributed by atoms with E-state index in [1.165, 1.54) is 4.90 Å². The molecular formula is C16H12INO3. The largest absolute Gasteiger partial charge is 0.299 e. The number of anilines is 1. The lowest BCUT2D eigenvalue weighted by molar-refractivity contribution is -0.131. The number of nitrogens with zero attached hydrogens (tertiary/aromatic N) is 1. The molecule has 5 heteroatoms. The Morgan fingerprint density at radius 2 is 1.81 bits per heavy atom. The lowest BCUT2D eigenvalue weighted by Gasteiger charge is -2.33. The minimum atomic E-state index is -0.526. The molecule has 1 aromatic rings. The van der Waals surface area contributed by atoms with Gasteiger partial charge in [-0.2, -0.15) is 0 Å². The summed E-state index contributed by atoms with van der Waals surface area (Å²) in [7, 11) is 0. The van der Waals surface area contributed by atoms with E-state index in [1.54, 1.807) is 12.1 Å². The van der Waals surface area contributed by atoms with Gasteiger partial charge in [-0.15, -0.1) is 0 Å². The Morgan fingerprint density at radius 3 is 2.48 bits per heavy atom. The Morgan fingerprint density at radius 1 is 1.10 bits per heavy atom. The molecule has 2 atom stereocenters. The summed E-state index contributed by atoms with van der Waals surface area (Å²) in [5.74, 6) is -1.15. The van der Waals surface area contributed by atoms with E-state index in [4.69, 9.17) is 0 Å². The summed E-state index contributed by atoms with van der Waals surface area (Å²) in [6.07, 6.45) is 1.85. The topological polar surface area (TPSA) is 54.5 Å². The molecule has 4 nitrogen and oxygen atoms in total. The third kappa shape index (κ3) is 1.76. The van der Waals surface area contributed by atoms with E-state index in [0.29, 0.717) is 24.1 Å². The van der Waals surface area contributed by atoms with Crippen LogP contribution in [-0.2, 0) is 14.4 Å². The molecule has 2 fully saturated rings. The maximum Gasteiger partial charge on any atom is 0.261 e. The average Bonchev–Trinajstić information content (AvgIpc) is 2.74. The van der Waals surface area contributed by atoms with Crippen LogP contribution in [0.1, 0.15) is 19.3 Å². The highest BCUT2D eigenvalue weighted by molar-refractivity contribution is 14.1. The van der Waals surface area contributed by atoms with Crippen molar-refractivity contribution < 1.29 is 14.4 Å². The maximum absolute atomic E-state index is 12.7. The van der Waals surface area contributed by atoms with Gasteiger partial charge in [0.25, 0.3) is 5.91 Å². The predicted octanol–water partition coefficient (Wildman–Crippen LogP) is 2.46. The lowest BCUT2D eigenvalue weighted by atomic mass is 9.67. The zero-order chi connectivity index (χ0) is 14.7. The van der Waals surface area contributed by atoms with Crippen molar-refractivity contribution in [1.82, 2.24) is 0 Å². The van der Waals surface area contributed by atoms with E-state index < -0.39 is 5.92 Å². The van der Waals surface area contributed by atoms with Gasteiger partial charge in [-0.25, -0.2) is 4.90 Å². The summed E-state index contributed by atoms with van der Waals surface area (Å²) in [6.45, 7) is 0. The normalized spacial score (nSPS) is 27.7. The molecule has 106 valence electrons. The summed E-state index contributed by atoms with van der Waals surface area (Å²) >= 11 is 2.18. The number of carbonyl (C=O) groups is 3. The van der Waals surface area contributed by atoms with Crippen LogP contribution in [0.15, 0.2) is 35.4 Å². The quantitative estimate of drug-likeness (QED) is 0.544. The number of fused-ring (bicyclic) bond motifs is 2. The number of hydrogen-bond acceptors (Lipinski definition) is 3. The van der Waals surface area contributed by atoms with Crippen molar-refractivity contribution in [2.24, 2.45) is 11.8 Å². The number of rotatable bonds is 1. The fourth-order valence-electron chi connectivity index (χ4n) is 3.70. The third-order valence-electron chi connectivity index (χ3n) is 4.66. The molecule has 0 aromatic heterocycles. The molecule has 0 spiro atoms. The number of amides is 2. The van der Waals surface area contributed by atoms with E-state index in [9.17, 15) is 14.4 Å². The molecule has 4 aliphatic rings. The number of hydrogen-bond donors (Lipinski definition) is 0. The lowest BCUT2D eigenvalue weighted by Crippen LogP contribution is -2.38. The summed E-state index contributed by atoms with van der Waals surface area (Å²) < 4.78 is 1.05. The van der Waals surface area contributed by atoms with Gasteiger partial charge in [0.1, 0.15) is 5.78 Å². The van der Waals surface area contributed by atoms with E-state index in [-0.39, 0.29) is 23.5 Å². The second-order valence-corrected chi connectivity index (χ2v) is 6.98. The van der Waals surface area contributed by atoms with E-state index in [0.717, 1.165) is 15.6 Å². The standard InChI is InChI=1S/C16H12INO3/c17-9-2-4-10(5-3-9)18-15(20)13-8-1-6-11(12(19)7-8)14(13)16(18)21/h2-5,11,14H,1,6-7H2. The van der Waals surface area contributed by atoms with Crippen LogP contribution in [-0.4, -0.2) is 17.6 Å². The molecule has 3 aliphatic carbocycles. The number of imide groups is 1. The van der Waals surface area contributed by atoms with Crippen molar-refractivity contribution in [1.29, 1.82) is 0 Å². The van der Waals surface area contributed by atoms with Crippen LogP contribution in [0.2, 0.25) is 0 Å². The number of Topliss-reactive ketones (excluding diaryl/α,β-unsaturated/α-hetero) is 1. The SMILES string of the molecule is O=C1CC2=C3C(=O)N(c4ccc(I)cc4)C(=O)C3C1CC2. The molecule has 2 unspecified atom stereocenters. The van der Waals surface area contributed by atoms with Gasteiger partial charge in [-0.05, 0) is 59.7 Å². The van der Waals surface area contributed by atoms with Crippen LogP contribution in [0.4, 0.5) is 5.69 Å². The second kappa shape index (κ2) is 4.50. The van der Waals surface area contributed by atoms with E-state index in [1.807, 2.05) is 12.1 Å². The molecule has 2 amide bonds. The van der Waals surface area contributed by atoms with Crippen LogP contribution < -0.4 is 4.90 Å². The first-order chi connectivity index (χ1) is 10.1. The fraction of sp³-hybridized carbons (Fsp3) is 0.312. The Labute approximate surface area is 135 Å². The minimum absolute atomic E-state index is 0.121. The molecule has 2 bridgehead atoms. The van der Waals surface area contributed by atoms with Crippen molar-refractivity contribution in [3.05, 3.63) is 39.0 Å². The van der Waals surface area contributed by atoms with Crippen LogP contribution >= 0.6 is 22.6 Å². The van der Waals surface area contributed by atoms with E-state index in [2.05, 4.69) is 22.6 Å². The van der Waals surface area contributed by atoms with Gasteiger partial charge in [0, 0.05) is 21.5 Å². The van der Waals surface area contributed by atoms with Crippen molar-refractivity contribution in [3.63, 3.8) is 0 Å². The molecule has 1 saturated carbocycles. The molecule has 1 saturated heterocycles. The average molecular weight is 393 g/mol. The second-order valence-electron chi connectivity index (χ2n) is 5.74. The Hall–Kier alpha value is -1.50. The van der Waals surface area contributed by atoms with Gasteiger partial charge in [-0.1, -0.05) is 5.57 Å². The first kappa shape index (κ1) is 13.2. The van der Waals surface area contributed by atoms with Crippen molar-refractivity contribution >= 4 is 45.9 Å². The highest BCUT2D eigenvalue weighted by atomic mass is 127. The molecule has 0 N–H and O–H groups in total. The van der Waals surface area contributed by atoms with Crippen LogP contribution in [0.5, 0.6) is 0 Å². The molecular weight excluding hydrogens is 381 g/mol. The van der Waals surface area contributed by atoms with Gasteiger partial charge in [0.15, 0.2) is 0 Å². The van der Waals surface area contributed by atoms with E-state index >= 15 is 0 Å². The minimum Gasteiger partial charge on any atom is -0.299 e. The Balaban J connectivity index is 1.82. The van der Waals surface area contributed by atoms with Crippen LogP contribution in [0.3, 0.4) is 0 Å². The van der Waals surface area contributed by atoms with Gasteiger partial charge >= 0.3 is 0 Å². The number of carbonyl (C=O) groups excluding carboxylic acids is 3. The van der Waals surface area contributed by atoms with Crippen molar-refractivity contribution in [3.8, 4) is 0 Å². The smallest absolute Gasteiger partial charge is 0.261 e.